The molecule has 0 radical (unpaired) electrons. The summed E-state index contributed by atoms with van der Waals surface area (Å²) >= 11 is 6.59. The SMILES string of the molecule is Cc1ccc2c(c1)C(=Cc1cc(Br)c(O)c(Br)c1)C(=O)N2. The Bertz CT molecular complexity index is 774. The maximum atomic E-state index is 12.1. The quantitative estimate of drug-likeness (QED) is 0.670. The number of aryl methyl sites for hydroxylation is 1. The van der Waals surface area contributed by atoms with Gasteiger partial charge in [0.05, 0.1) is 8.95 Å². The zero-order chi connectivity index (χ0) is 15.1. The Morgan fingerprint density at radius 1 is 1.14 bits per heavy atom. The van der Waals surface area contributed by atoms with Crippen LogP contribution in [-0.4, -0.2) is 11.0 Å². The first kappa shape index (κ1) is 14.4. The fourth-order valence-electron chi connectivity index (χ4n) is 2.28. The maximum Gasteiger partial charge on any atom is 0.256 e. The second-order valence-electron chi connectivity index (χ2n) is 4.89. The Labute approximate surface area is 138 Å². The lowest BCUT2D eigenvalue weighted by molar-refractivity contribution is -0.110. The lowest BCUT2D eigenvalue weighted by Gasteiger charge is -2.04. The number of nitrogens with one attached hydrogen (secondary N) is 1. The Balaban J connectivity index is 2.13. The van der Waals surface area contributed by atoms with Gasteiger partial charge in [0.1, 0.15) is 5.75 Å². The highest BCUT2D eigenvalue weighted by Crippen LogP contribution is 2.37. The average Bonchev–Trinajstić information content (AvgIpc) is 2.72. The zero-order valence-corrected chi connectivity index (χ0v) is 14.2. The van der Waals surface area contributed by atoms with E-state index >= 15 is 0 Å². The monoisotopic (exact) mass is 407 g/mol. The van der Waals surface area contributed by atoms with Gasteiger partial charge in [0.15, 0.2) is 0 Å². The normalized spacial score (nSPS) is 15.2. The summed E-state index contributed by atoms with van der Waals surface area (Å²) in [5.74, 6) is 0.0280. The highest BCUT2D eigenvalue weighted by atomic mass is 79.9. The van der Waals surface area contributed by atoms with Gasteiger partial charge in [0.25, 0.3) is 5.91 Å². The summed E-state index contributed by atoms with van der Waals surface area (Å²) in [6.07, 6.45) is 1.82. The number of hydrogen-bond donors (Lipinski definition) is 2. The van der Waals surface area contributed by atoms with Crippen molar-refractivity contribution in [3.63, 3.8) is 0 Å². The second kappa shape index (κ2) is 5.31. The fourth-order valence-corrected chi connectivity index (χ4v) is 3.50. The molecule has 0 spiro atoms. The van der Waals surface area contributed by atoms with E-state index in [2.05, 4.69) is 37.2 Å². The van der Waals surface area contributed by atoms with Crippen molar-refractivity contribution in [1.82, 2.24) is 0 Å². The predicted octanol–water partition coefficient (Wildman–Crippen LogP) is 4.72. The molecule has 0 fully saturated rings. The van der Waals surface area contributed by atoms with Crippen molar-refractivity contribution < 1.29 is 9.90 Å². The third kappa shape index (κ3) is 2.63. The molecule has 0 bridgehead atoms. The zero-order valence-electron chi connectivity index (χ0n) is 11.1. The van der Waals surface area contributed by atoms with Gasteiger partial charge in [-0.2, -0.15) is 0 Å². The summed E-state index contributed by atoms with van der Waals surface area (Å²) in [6, 6.07) is 9.41. The largest absolute Gasteiger partial charge is 0.506 e. The first-order valence-electron chi connectivity index (χ1n) is 6.28. The van der Waals surface area contributed by atoms with Gasteiger partial charge in [-0.15, -0.1) is 0 Å². The van der Waals surface area contributed by atoms with Crippen LogP contribution in [0.5, 0.6) is 5.75 Å². The minimum atomic E-state index is -0.115. The van der Waals surface area contributed by atoms with Crippen molar-refractivity contribution in [2.24, 2.45) is 0 Å². The van der Waals surface area contributed by atoms with Gasteiger partial charge in [0, 0.05) is 16.8 Å². The molecule has 21 heavy (non-hydrogen) atoms. The number of halogens is 2. The highest BCUT2D eigenvalue weighted by Gasteiger charge is 2.24. The first-order valence-corrected chi connectivity index (χ1v) is 7.86. The third-order valence-corrected chi connectivity index (χ3v) is 4.52. The molecule has 0 saturated heterocycles. The van der Waals surface area contributed by atoms with E-state index in [0.717, 1.165) is 22.4 Å². The van der Waals surface area contributed by atoms with Gasteiger partial charge in [-0.05, 0) is 74.7 Å². The van der Waals surface area contributed by atoms with E-state index in [1.807, 2.05) is 31.2 Å². The van der Waals surface area contributed by atoms with Crippen LogP contribution in [0.4, 0.5) is 5.69 Å². The van der Waals surface area contributed by atoms with Gasteiger partial charge in [-0.3, -0.25) is 4.79 Å². The number of benzene rings is 2. The smallest absolute Gasteiger partial charge is 0.256 e. The van der Waals surface area contributed by atoms with Crippen LogP contribution in [0.1, 0.15) is 16.7 Å². The fraction of sp³-hybridized carbons (Fsp3) is 0.0625. The highest BCUT2D eigenvalue weighted by molar-refractivity contribution is 9.11. The summed E-state index contributed by atoms with van der Waals surface area (Å²) in [5.41, 5.74) is 4.28. The van der Waals surface area contributed by atoms with Crippen LogP contribution in [-0.2, 0) is 4.79 Å². The summed E-state index contributed by atoms with van der Waals surface area (Å²) in [4.78, 5) is 12.1. The molecule has 0 unspecified atom stereocenters. The molecule has 0 atom stereocenters. The molecule has 2 aromatic carbocycles. The average molecular weight is 409 g/mol. The van der Waals surface area contributed by atoms with E-state index in [0.29, 0.717) is 14.5 Å². The van der Waals surface area contributed by atoms with Crippen LogP contribution in [0.3, 0.4) is 0 Å². The standard InChI is InChI=1S/C16H11Br2NO2/c1-8-2-3-14-10(4-8)11(16(21)19-14)5-9-6-12(17)15(20)13(18)7-9/h2-7,20H,1H3,(H,19,21). The van der Waals surface area contributed by atoms with Crippen molar-refractivity contribution in [1.29, 1.82) is 0 Å². The number of phenolic OH excluding ortho intramolecular Hbond substituents is 1. The molecular formula is C16H11Br2NO2. The molecule has 0 aromatic heterocycles. The summed E-state index contributed by atoms with van der Waals surface area (Å²) < 4.78 is 1.15. The minimum absolute atomic E-state index is 0.115. The van der Waals surface area contributed by atoms with Gasteiger partial charge in [0.2, 0.25) is 0 Å². The molecule has 1 heterocycles. The van der Waals surface area contributed by atoms with Crippen molar-refractivity contribution in [3.05, 3.63) is 56.0 Å². The Morgan fingerprint density at radius 2 is 1.81 bits per heavy atom. The topological polar surface area (TPSA) is 49.3 Å². The van der Waals surface area contributed by atoms with Gasteiger partial charge >= 0.3 is 0 Å². The van der Waals surface area contributed by atoms with Crippen LogP contribution in [0, 0.1) is 6.92 Å². The van der Waals surface area contributed by atoms with Gasteiger partial charge in [-0.25, -0.2) is 0 Å². The number of anilines is 1. The maximum absolute atomic E-state index is 12.1. The van der Waals surface area contributed by atoms with E-state index in [1.54, 1.807) is 12.1 Å². The molecule has 1 aliphatic rings. The first-order chi connectivity index (χ1) is 9.95. The predicted molar refractivity (Wildman–Crippen MR) is 91.2 cm³/mol. The van der Waals surface area contributed by atoms with Crippen molar-refractivity contribution in [2.45, 2.75) is 6.92 Å². The molecule has 3 nitrogen and oxygen atoms in total. The van der Waals surface area contributed by atoms with Crippen molar-refractivity contribution in [3.8, 4) is 5.75 Å². The van der Waals surface area contributed by atoms with E-state index in [4.69, 9.17) is 0 Å². The van der Waals surface area contributed by atoms with Crippen LogP contribution in [0.2, 0.25) is 0 Å². The lowest BCUT2D eigenvalue weighted by Crippen LogP contribution is -2.03. The van der Waals surface area contributed by atoms with Crippen LogP contribution >= 0.6 is 31.9 Å². The summed E-state index contributed by atoms with van der Waals surface area (Å²) in [6.45, 7) is 1.99. The van der Waals surface area contributed by atoms with Crippen LogP contribution in [0.25, 0.3) is 11.6 Å². The molecule has 0 aliphatic carbocycles. The Hall–Kier alpha value is -1.59. The molecule has 106 valence electrons. The number of aromatic hydroxyl groups is 1. The Kier molecular flexibility index (Phi) is 3.63. The summed E-state index contributed by atoms with van der Waals surface area (Å²) in [7, 11) is 0. The van der Waals surface area contributed by atoms with Crippen LogP contribution < -0.4 is 5.32 Å². The van der Waals surface area contributed by atoms with Crippen molar-refractivity contribution in [2.75, 3.05) is 5.32 Å². The molecular weight excluding hydrogens is 398 g/mol. The van der Waals surface area contributed by atoms with Crippen LogP contribution in [0.15, 0.2) is 39.3 Å². The molecule has 2 aromatic rings. The number of carbonyl (C=O) groups excluding carboxylic acids is 1. The van der Waals surface area contributed by atoms with E-state index in [1.165, 1.54) is 0 Å². The van der Waals surface area contributed by atoms with E-state index in [-0.39, 0.29) is 11.7 Å². The number of phenols is 1. The number of carbonyl (C=O) groups is 1. The van der Waals surface area contributed by atoms with Gasteiger partial charge < -0.3 is 10.4 Å². The number of amides is 1. The minimum Gasteiger partial charge on any atom is -0.506 e. The number of hydrogen-bond acceptors (Lipinski definition) is 2. The third-order valence-electron chi connectivity index (χ3n) is 3.31. The van der Waals surface area contributed by atoms with E-state index < -0.39 is 0 Å². The lowest BCUT2D eigenvalue weighted by atomic mass is 10.0. The van der Waals surface area contributed by atoms with Gasteiger partial charge in [-0.1, -0.05) is 11.6 Å². The molecule has 2 N–H and O–H groups in total. The molecule has 0 saturated carbocycles. The molecule has 5 heteroatoms. The second-order valence-corrected chi connectivity index (χ2v) is 6.60. The van der Waals surface area contributed by atoms with E-state index in [9.17, 15) is 9.90 Å². The Morgan fingerprint density at radius 3 is 2.48 bits per heavy atom. The number of fused-ring (bicyclic) bond motifs is 1. The van der Waals surface area contributed by atoms with Crippen molar-refractivity contribution >= 4 is 55.1 Å². The number of rotatable bonds is 1. The summed E-state index contributed by atoms with van der Waals surface area (Å²) in [5, 5.41) is 12.6. The molecule has 1 amide bonds. The molecule has 1 aliphatic heterocycles. The molecule has 3 rings (SSSR count).